The van der Waals surface area contributed by atoms with Crippen molar-refractivity contribution in [3.8, 4) is 11.8 Å². The monoisotopic (exact) mass is 193 g/mol. The summed E-state index contributed by atoms with van der Waals surface area (Å²) in [6, 6.07) is 8.78. The van der Waals surface area contributed by atoms with Gasteiger partial charge in [0, 0.05) is 6.42 Å². The molecular weight excluding hydrogens is 181 g/mol. The molecule has 0 bridgehead atoms. The van der Waals surface area contributed by atoms with Gasteiger partial charge in [-0.3, -0.25) is 0 Å². The molecule has 0 saturated carbocycles. The zero-order valence-electron chi connectivity index (χ0n) is 8.03. The van der Waals surface area contributed by atoms with Crippen molar-refractivity contribution in [1.29, 1.82) is 5.26 Å². The number of ether oxygens (including phenoxy) is 1. The van der Waals surface area contributed by atoms with Crippen LogP contribution in [0.5, 0.6) is 5.75 Å². The molecule has 1 unspecified atom stereocenters. The Morgan fingerprint density at radius 3 is 2.57 bits per heavy atom. The molecule has 1 atom stereocenters. The third-order valence-electron chi connectivity index (χ3n) is 1.77. The molecule has 0 fully saturated rings. The zero-order chi connectivity index (χ0) is 10.4. The highest BCUT2D eigenvalue weighted by Gasteiger charge is 1.99. The molecule has 1 rings (SSSR count). The second kappa shape index (κ2) is 5.23. The maximum atomic E-state index is 12.4. The number of rotatable bonds is 4. The van der Waals surface area contributed by atoms with E-state index >= 15 is 0 Å². The Kier molecular flexibility index (Phi) is 3.93. The lowest BCUT2D eigenvalue weighted by Gasteiger charge is -2.05. The van der Waals surface area contributed by atoms with Crippen LogP contribution in [-0.4, -0.2) is 12.8 Å². The molecule has 1 aromatic carbocycles. The third kappa shape index (κ3) is 3.44. The fourth-order valence-corrected chi connectivity index (χ4v) is 0.965. The zero-order valence-corrected chi connectivity index (χ0v) is 8.03. The number of halogens is 1. The van der Waals surface area contributed by atoms with E-state index < -0.39 is 6.17 Å². The molecule has 0 spiro atoms. The molecule has 14 heavy (non-hydrogen) atoms. The topological polar surface area (TPSA) is 33.0 Å². The first-order valence-corrected chi connectivity index (χ1v) is 4.49. The molecule has 0 amide bonds. The number of nitrogens with zero attached hydrogens (tertiary/aromatic N) is 1. The Hall–Kier alpha value is -1.56. The first kappa shape index (κ1) is 10.5. The van der Waals surface area contributed by atoms with Crippen LogP contribution >= 0.6 is 0 Å². The molecule has 74 valence electrons. The molecule has 0 aliphatic heterocycles. The highest BCUT2D eigenvalue weighted by molar-refractivity contribution is 5.34. The van der Waals surface area contributed by atoms with Crippen LogP contribution in [0.4, 0.5) is 4.39 Å². The minimum absolute atomic E-state index is 0.365. The largest absolute Gasteiger partial charge is 0.493 e. The van der Waals surface area contributed by atoms with Crippen molar-refractivity contribution >= 4 is 0 Å². The van der Waals surface area contributed by atoms with Gasteiger partial charge >= 0.3 is 0 Å². The van der Waals surface area contributed by atoms with E-state index in [0.29, 0.717) is 24.3 Å². The quantitative estimate of drug-likeness (QED) is 0.736. The minimum Gasteiger partial charge on any atom is -0.493 e. The van der Waals surface area contributed by atoms with E-state index in [0.717, 1.165) is 0 Å². The highest BCUT2D eigenvalue weighted by Crippen LogP contribution is 2.12. The molecule has 0 saturated heterocycles. The fourth-order valence-electron chi connectivity index (χ4n) is 0.965. The van der Waals surface area contributed by atoms with Crippen molar-refractivity contribution in [2.45, 2.75) is 19.5 Å². The predicted octanol–water partition coefficient (Wildman–Crippen LogP) is 2.69. The van der Waals surface area contributed by atoms with Gasteiger partial charge in [0.05, 0.1) is 18.2 Å². The molecule has 0 aliphatic rings. The summed E-state index contributed by atoms with van der Waals surface area (Å²) >= 11 is 0. The Balaban J connectivity index is 2.41. The van der Waals surface area contributed by atoms with E-state index in [1.807, 2.05) is 6.07 Å². The predicted molar refractivity (Wildman–Crippen MR) is 51.8 cm³/mol. The standard InChI is InChI=1S/C11H12FNO/c1-9(12)6-7-14-11-4-2-10(8-13)3-5-11/h2-5,9H,6-7H2,1H3. The van der Waals surface area contributed by atoms with Gasteiger partial charge in [-0.15, -0.1) is 0 Å². The summed E-state index contributed by atoms with van der Waals surface area (Å²) in [5.41, 5.74) is 0.594. The van der Waals surface area contributed by atoms with E-state index in [4.69, 9.17) is 10.00 Å². The van der Waals surface area contributed by atoms with Gasteiger partial charge in [0.15, 0.2) is 0 Å². The summed E-state index contributed by atoms with van der Waals surface area (Å²) < 4.78 is 17.7. The Morgan fingerprint density at radius 1 is 1.43 bits per heavy atom. The lowest BCUT2D eigenvalue weighted by molar-refractivity contribution is 0.247. The van der Waals surface area contributed by atoms with E-state index in [-0.39, 0.29) is 0 Å². The maximum absolute atomic E-state index is 12.4. The second-order valence-corrected chi connectivity index (χ2v) is 3.05. The Morgan fingerprint density at radius 2 is 2.07 bits per heavy atom. The number of nitriles is 1. The summed E-state index contributed by atoms with van der Waals surface area (Å²) in [5.74, 6) is 0.671. The van der Waals surface area contributed by atoms with Gasteiger partial charge < -0.3 is 4.74 Å². The average Bonchev–Trinajstić information content (AvgIpc) is 2.18. The number of hydrogen-bond donors (Lipinski definition) is 0. The Bertz CT molecular complexity index is 313. The van der Waals surface area contributed by atoms with Crippen molar-refractivity contribution in [3.05, 3.63) is 29.8 Å². The normalized spacial score (nSPS) is 11.8. The van der Waals surface area contributed by atoms with Crippen LogP contribution in [0.15, 0.2) is 24.3 Å². The molecule has 0 aromatic heterocycles. The lowest BCUT2D eigenvalue weighted by atomic mass is 10.2. The van der Waals surface area contributed by atoms with Crippen LogP contribution in [0.1, 0.15) is 18.9 Å². The van der Waals surface area contributed by atoms with Crippen molar-refractivity contribution in [3.63, 3.8) is 0 Å². The molecule has 0 aliphatic carbocycles. The van der Waals surface area contributed by atoms with Crippen LogP contribution in [-0.2, 0) is 0 Å². The molecular formula is C11H12FNO. The van der Waals surface area contributed by atoms with E-state index in [9.17, 15) is 4.39 Å². The van der Waals surface area contributed by atoms with Gasteiger partial charge in [-0.1, -0.05) is 0 Å². The molecule has 0 radical (unpaired) electrons. The van der Waals surface area contributed by atoms with Crippen molar-refractivity contribution in [1.82, 2.24) is 0 Å². The van der Waals surface area contributed by atoms with Crippen LogP contribution in [0, 0.1) is 11.3 Å². The minimum atomic E-state index is -0.839. The first-order valence-electron chi connectivity index (χ1n) is 4.49. The van der Waals surface area contributed by atoms with Gasteiger partial charge in [-0.25, -0.2) is 4.39 Å². The number of benzene rings is 1. The molecule has 0 heterocycles. The SMILES string of the molecule is CC(F)CCOc1ccc(C#N)cc1. The van der Waals surface area contributed by atoms with Crippen LogP contribution in [0.2, 0.25) is 0 Å². The van der Waals surface area contributed by atoms with Crippen LogP contribution < -0.4 is 4.74 Å². The second-order valence-electron chi connectivity index (χ2n) is 3.05. The van der Waals surface area contributed by atoms with Gasteiger partial charge in [-0.05, 0) is 31.2 Å². The fraction of sp³-hybridized carbons (Fsp3) is 0.364. The van der Waals surface area contributed by atoms with E-state index in [2.05, 4.69) is 0 Å². The smallest absolute Gasteiger partial charge is 0.119 e. The third-order valence-corrected chi connectivity index (χ3v) is 1.77. The van der Waals surface area contributed by atoms with Crippen LogP contribution in [0.3, 0.4) is 0 Å². The summed E-state index contributed by atoms with van der Waals surface area (Å²) in [6.07, 6.45) is -0.451. The number of alkyl halides is 1. The number of hydrogen-bond acceptors (Lipinski definition) is 2. The van der Waals surface area contributed by atoms with Crippen LogP contribution in [0.25, 0.3) is 0 Å². The van der Waals surface area contributed by atoms with Crippen molar-refractivity contribution < 1.29 is 9.13 Å². The van der Waals surface area contributed by atoms with Crippen molar-refractivity contribution in [2.75, 3.05) is 6.61 Å². The first-order chi connectivity index (χ1) is 6.72. The molecule has 3 heteroatoms. The lowest BCUT2D eigenvalue weighted by Crippen LogP contribution is -2.03. The van der Waals surface area contributed by atoms with Crippen molar-refractivity contribution in [2.24, 2.45) is 0 Å². The van der Waals surface area contributed by atoms with E-state index in [1.165, 1.54) is 6.92 Å². The van der Waals surface area contributed by atoms with Gasteiger partial charge in [-0.2, -0.15) is 5.26 Å². The summed E-state index contributed by atoms with van der Waals surface area (Å²) in [6.45, 7) is 1.87. The molecule has 1 aromatic rings. The summed E-state index contributed by atoms with van der Waals surface area (Å²) in [5, 5.41) is 8.54. The van der Waals surface area contributed by atoms with Gasteiger partial charge in [0.1, 0.15) is 11.9 Å². The highest BCUT2D eigenvalue weighted by atomic mass is 19.1. The Labute approximate surface area is 82.9 Å². The summed E-state index contributed by atoms with van der Waals surface area (Å²) in [4.78, 5) is 0. The van der Waals surface area contributed by atoms with Gasteiger partial charge in [0.2, 0.25) is 0 Å². The van der Waals surface area contributed by atoms with Gasteiger partial charge in [0.25, 0.3) is 0 Å². The maximum Gasteiger partial charge on any atom is 0.119 e. The van der Waals surface area contributed by atoms with E-state index in [1.54, 1.807) is 24.3 Å². The molecule has 2 nitrogen and oxygen atoms in total. The molecule has 0 N–H and O–H groups in total. The average molecular weight is 193 g/mol. The summed E-state index contributed by atoms with van der Waals surface area (Å²) in [7, 11) is 0.